The quantitative estimate of drug-likeness (QED) is 0.385. The number of nitrogens with one attached hydrogen (secondary N) is 1. The van der Waals surface area contributed by atoms with Crippen molar-refractivity contribution >= 4 is 34.4 Å². The third kappa shape index (κ3) is 5.76. The average Bonchev–Trinajstić information content (AvgIpc) is 3.55. The number of alkyl halides is 1. The highest BCUT2D eigenvalue weighted by Gasteiger charge is 2.47. The van der Waals surface area contributed by atoms with Crippen molar-refractivity contribution in [1.82, 2.24) is 4.90 Å². The Hall–Kier alpha value is -2.94. The molecule has 3 fully saturated rings. The number of hydrogen-bond acceptors (Lipinski definition) is 5. The Labute approximate surface area is 234 Å². The first-order valence-corrected chi connectivity index (χ1v) is 15.0. The van der Waals surface area contributed by atoms with Crippen LogP contribution in [0.1, 0.15) is 86.7 Å². The number of halogens is 1. The van der Waals surface area contributed by atoms with E-state index in [-0.39, 0.29) is 41.4 Å². The van der Waals surface area contributed by atoms with Crippen molar-refractivity contribution in [3.8, 4) is 0 Å². The second kappa shape index (κ2) is 12.3. The highest BCUT2D eigenvalue weighted by Crippen LogP contribution is 2.41. The van der Waals surface area contributed by atoms with Gasteiger partial charge in [0.15, 0.2) is 0 Å². The number of carboxylic acid groups (broad SMARTS) is 1. The summed E-state index contributed by atoms with van der Waals surface area (Å²) in [5.41, 5.74) is 7.70. The van der Waals surface area contributed by atoms with Crippen LogP contribution in [0.3, 0.4) is 0 Å². The van der Waals surface area contributed by atoms with Gasteiger partial charge in [0.05, 0.1) is 6.67 Å². The molecule has 2 aromatic rings. The molecular weight excluding hydrogens is 513 g/mol. The van der Waals surface area contributed by atoms with Gasteiger partial charge in [0.25, 0.3) is 0 Å². The van der Waals surface area contributed by atoms with Crippen molar-refractivity contribution in [3.63, 3.8) is 0 Å². The zero-order valence-electron chi connectivity index (χ0n) is 23.4. The molecule has 9 heteroatoms. The minimum Gasteiger partial charge on any atom is -0.475 e. The number of benzene rings is 1. The molecule has 2 aliphatic carbocycles. The number of carboxylic acids is 1. The largest absolute Gasteiger partial charge is 0.475 e. The van der Waals surface area contributed by atoms with Gasteiger partial charge in [-0.05, 0) is 81.4 Å². The van der Waals surface area contributed by atoms with Crippen molar-refractivity contribution in [2.75, 3.05) is 18.5 Å². The Balaban J connectivity index is 1.34. The van der Waals surface area contributed by atoms with Crippen LogP contribution in [0.15, 0.2) is 22.6 Å². The number of anilines is 1. The van der Waals surface area contributed by atoms with Gasteiger partial charge in [0.1, 0.15) is 11.6 Å². The van der Waals surface area contributed by atoms with Gasteiger partial charge >= 0.3 is 5.97 Å². The normalized spacial score (nSPS) is 26.6. The fourth-order valence-electron chi connectivity index (χ4n) is 7.56. The van der Waals surface area contributed by atoms with Gasteiger partial charge < -0.3 is 25.5 Å². The molecule has 2 saturated carbocycles. The van der Waals surface area contributed by atoms with Crippen LogP contribution in [0.4, 0.5) is 10.1 Å². The van der Waals surface area contributed by atoms with Crippen LogP contribution in [0.25, 0.3) is 11.0 Å². The number of rotatable bonds is 8. The van der Waals surface area contributed by atoms with E-state index in [0.29, 0.717) is 41.1 Å². The van der Waals surface area contributed by atoms with Crippen molar-refractivity contribution < 1.29 is 28.3 Å². The van der Waals surface area contributed by atoms with E-state index < -0.39 is 18.7 Å². The van der Waals surface area contributed by atoms with Crippen LogP contribution < -0.4 is 11.1 Å². The second-order valence-electron chi connectivity index (χ2n) is 12.1. The summed E-state index contributed by atoms with van der Waals surface area (Å²) in [6, 6.07) is 4.44. The molecule has 218 valence electrons. The lowest BCUT2D eigenvalue weighted by Crippen LogP contribution is -2.50. The van der Waals surface area contributed by atoms with Crippen molar-refractivity contribution in [2.45, 2.75) is 89.6 Å². The Morgan fingerprint density at radius 3 is 2.50 bits per heavy atom. The van der Waals surface area contributed by atoms with Crippen molar-refractivity contribution in [3.05, 3.63) is 29.5 Å². The number of aryl methyl sites for hydroxylation is 1. The number of carbonyl (C=O) groups is 3. The molecule has 3 aliphatic rings. The van der Waals surface area contributed by atoms with Gasteiger partial charge in [0, 0.05) is 35.1 Å². The number of amides is 2. The van der Waals surface area contributed by atoms with E-state index in [4.69, 9.17) is 10.2 Å². The van der Waals surface area contributed by atoms with Crippen molar-refractivity contribution in [2.24, 2.45) is 29.4 Å². The van der Waals surface area contributed by atoms with Crippen LogP contribution >= 0.6 is 0 Å². The summed E-state index contributed by atoms with van der Waals surface area (Å²) in [7, 11) is 0. The van der Waals surface area contributed by atoms with E-state index in [0.717, 1.165) is 57.8 Å². The summed E-state index contributed by atoms with van der Waals surface area (Å²) >= 11 is 0. The van der Waals surface area contributed by atoms with Gasteiger partial charge in [0.2, 0.25) is 17.6 Å². The molecule has 1 aromatic carbocycles. The maximum absolute atomic E-state index is 13.9. The summed E-state index contributed by atoms with van der Waals surface area (Å²) in [5, 5.41) is 13.1. The van der Waals surface area contributed by atoms with E-state index in [9.17, 15) is 23.9 Å². The summed E-state index contributed by atoms with van der Waals surface area (Å²) in [6.07, 6.45) is 10.00. The third-order valence-corrected chi connectivity index (χ3v) is 9.82. The Morgan fingerprint density at radius 2 is 1.82 bits per heavy atom. The highest BCUT2D eigenvalue weighted by atomic mass is 19.1. The predicted octanol–water partition coefficient (Wildman–Crippen LogP) is 5.67. The van der Waals surface area contributed by atoms with E-state index in [2.05, 4.69) is 5.32 Å². The Kier molecular flexibility index (Phi) is 8.78. The number of fused-ring (bicyclic) bond motifs is 1. The molecule has 4 N–H and O–H groups in total. The monoisotopic (exact) mass is 555 g/mol. The fraction of sp³-hybridized carbons (Fsp3) is 0.645. The molecule has 0 unspecified atom stereocenters. The number of nitrogens with two attached hydrogens (primary N) is 1. The summed E-state index contributed by atoms with van der Waals surface area (Å²) in [5.74, 6) is -0.701. The van der Waals surface area contributed by atoms with Gasteiger partial charge in [-0.3, -0.25) is 14.0 Å². The number of aromatic carboxylic acids is 1. The molecular formula is C31H42FN3O5. The fourth-order valence-corrected chi connectivity index (χ4v) is 7.56. The molecule has 2 heterocycles. The number of likely N-dealkylation sites (tertiary alicyclic amines) is 1. The van der Waals surface area contributed by atoms with E-state index in [1.807, 2.05) is 4.90 Å². The number of carbonyl (C=O) groups excluding carboxylic acids is 2. The first-order valence-electron chi connectivity index (χ1n) is 15.0. The van der Waals surface area contributed by atoms with Crippen LogP contribution in [0.5, 0.6) is 0 Å². The standard InChI is InChI=1S/C31H42FN3O5/c1-18-24-17-22(11-12-26(24)40-28(18)31(38)39)34-29(36)27-23(19-5-3-2-4-6-19)14-16-35(27)30(37)21-9-7-20(8-10-21)25(33)13-15-32/h11-12,17,19-21,23,25,27H,2-10,13-16,33H2,1H3,(H,34,36)(H,38,39)/t20?,21?,23-,25+,27-/m0/s1. The molecule has 8 nitrogen and oxygen atoms in total. The van der Waals surface area contributed by atoms with Gasteiger partial charge in [-0.25, -0.2) is 4.79 Å². The van der Waals surface area contributed by atoms with Crippen LogP contribution in [-0.2, 0) is 9.59 Å². The van der Waals surface area contributed by atoms with Crippen LogP contribution in [0, 0.1) is 30.6 Å². The number of hydrogen-bond donors (Lipinski definition) is 3. The smallest absolute Gasteiger partial charge is 0.372 e. The lowest BCUT2D eigenvalue weighted by molar-refractivity contribution is -0.142. The zero-order valence-corrected chi connectivity index (χ0v) is 23.4. The average molecular weight is 556 g/mol. The molecule has 3 atom stereocenters. The van der Waals surface area contributed by atoms with E-state index in [1.165, 1.54) is 6.42 Å². The number of furan rings is 1. The first-order chi connectivity index (χ1) is 19.3. The first kappa shape index (κ1) is 28.6. The van der Waals surface area contributed by atoms with Gasteiger partial charge in [-0.2, -0.15) is 0 Å². The molecule has 1 saturated heterocycles. The summed E-state index contributed by atoms with van der Waals surface area (Å²) in [6.45, 7) is 1.86. The molecule has 2 amide bonds. The lowest BCUT2D eigenvalue weighted by Gasteiger charge is -2.37. The third-order valence-electron chi connectivity index (χ3n) is 9.82. The maximum Gasteiger partial charge on any atom is 0.372 e. The van der Waals surface area contributed by atoms with Crippen LogP contribution in [-0.4, -0.2) is 53.1 Å². The van der Waals surface area contributed by atoms with Gasteiger partial charge in [-0.1, -0.05) is 32.1 Å². The van der Waals surface area contributed by atoms with Gasteiger partial charge in [-0.15, -0.1) is 0 Å². The van der Waals surface area contributed by atoms with E-state index in [1.54, 1.807) is 25.1 Å². The molecule has 40 heavy (non-hydrogen) atoms. The molecule has 1 aromatic heterocycles. The topological polar surface area (TPSA) is 126 Å². The molecule has 1 aliphatic heterocycles. The summed E-state index contributed by atoms with van der Waals surface area (Å²) < 4.78 is 18.3. The van der Waals surface area contributed by atoms with E-state index >= 15 is 0 Å². The minimum atomic E-state index is -1.13. The lowest BCUT2D eigenvalue weighted by atomic mass is 9.76. The Morgan fingerprint density at radius 1 is 1.10 bits per heavy atom. The Bertz CT molecular complexity index is 1230. The predicted molar refractivity (Wildman–Crippen MR) is 151 cm³/mol. The minimum absolute atomic E-state index is 0.0585. The highest BCUT2D eigenvalue weighted by molar-refractivity contribution is 6.01. The zero-order chi connectivity index (χ0) is 28.4. The van der Waals surface area contributed by atoms with Crippen molar-refractivity contribution in [1.29, 1.82) is 0 Å². The molecule has 0 radical (unpaired) electrons. The molecule has 0 bridgehead atoms. The number of nitrogens with zero attached hydrogens (tertiary/aromatic N) is 1. The SMILES string of the molecule is Cc1c(C(=O)O)oc2ccc(NC(=O)[C@@H]3[C@H](C4CCCCC4)CCN3C(=O)C3CCC([C@H](N)CCF)CC3)cc12. The maximum atomic E-state index is 13.9. The molecule has 0 spiro atoms. The molecule has 5 rings (SSSR count). The summed E-state index contributed by atoms with van der Waals surface area (Å²) in [4.78, 5) is 41.2. The van der Waals surface area contributed by atoms with Crippen LogP contribution in [0.2, 0.25) is 0 Å². The second-order valence-corrected chi connectivity index (χ2v) is 12.1.